The van der Waals surface area contributed by atoms with Crippen molar-refractivity contribution in [2.45, 2.75) is 13.1 Å². The van der Waals surface area contributed by atoms with Gasteiger partial charge < -0.3 is 10.1 Å². The van der Waals surface area contributed by atoms with Crippen LogP contribution in [0.1, 0.15) is 12.5 Å². The number of ether oxygens (including phenoxy) is 1. The molecule has 1 atom stereocenters. The molecule has 2 heterocycles. The van der Waals surface area contributed by atoms with E-state index in [1.165, 1.54) is 0 Å². The Morgan fingerprint density at radius 3 is 2.65 bits per heavy atom. The molecule has 2 aromatic rings. The predicted molar refractivity (Wildman–Crippen MR) is 87.7 cm³/mol. The van der Waals surface area contributed by atoms with E-state index in [9.17, 15) is 5.26 Å². The Balaban J connectivity index is 1.79. The van der Waals surface area contributed by atoms with E-state index in [0.29, 0.717) is 17.1 Å². The van der Waals surface area contributed by atoms with Crippen molar-refractivity contribution in [1.29, 1.82) is 5.26 Å². The second-order valence-electron chi connectivity index (χ2n) is 5.44. The second kappa shape index (κ2) is 7.18. The number of nitriles is 1. The molecule has 0 radical (unpaired) electrons. The van der Waals surface area contributed by atoms with Gasteiger partial charge in [0.05, 0.1) is 30.6 Å². The first-order valence-corrected chi connectivity index (χ1v) is 7.69. The van der Waals surface area contributed by atoms with E-state index < -0.39 is 0 Å². The number of aromatic nitrogens is 2. The zero-order valence-corrected chi connectivity index (χ0v) is 13.1. The van der Waals surface area contributed by atoms with E-state index >= 15 is 0 Å². The summed E-state index contributed by atoms with van der Waals surface area (Å²) in [5.74, 6) is 0.520. The molecule has 1 fully saturated rings. The highest BCUT2D eigenvalue weighted by molar-refractivity contribution is 5.64. The average molecular weight is 309 g/mol. The molecule has 0 bridgehead atoms. The molecule has 6 nitrogen and oxygen atoms in total. The molecule has 6 heteroatoms. The number of anilines is 1. The van der Waals surface area contributed by atoms with Crippen molar-refractivity contribution in [3.8, 4) is 17.3 Å². The van der Waals surface area contributed by atoms with Gasteiger partial charge in [0.2, 0.25) is 0 Å². The number of nitrogens with one attached hydrogen (secondary N) is 1. The van der Waals surface area contributed by atoms with Gasteiger partial charge in [0.15, 0.2) is 5.82 Å². The topological polar surface area (TPSA) is 74.1 Å². The van der Waals surface area contributed by atoms with Crippen LogP contribution in [0.4, 0.5) is 5.82 Å². The van der Waals surface area contributed by atoms with E-state index in [0.717, 1.165) is 31.9 Å². The van der Waals surface area contributed by atoms with Crippen LogP contribution < -0.4 is 5.32 Å². The third-order valence-electron chi connectivity index (χ3n) is 3.92. The third kappa shape index (κ3) is 3.65. The molecule has 0 aliphatic carbocycles. The molecule has 0 saturated carbocycles. The number of hydrogen-bond donors (Lipinski definition) is 1. The van der Waals surface area contributed by atoms with Crippen LogP contribution in [0, 0.1) is 11.3 Å². The largest absolute Gasteiger partial charge is 0.379 e. The zero-order valence-electron chi connectivity index (χ0n) is 13.1. The van der Waals surface area contributed by atoms with Crippen molar-refractivity contribution in [1.82, 2.24) is 15.1 Å². The van der Waals surface area contributed by atoms with Crippen molar-refractivity contribution in [3.05, 3.63) is 42.0 Å². The van der Waals surface area contributed by atoms with E-state index in [-0.39, 0.29) is 6.17 Å². The van der Waals surface area contributed by atoms with E-state index in [2.05, 4.69) is 33.4 Å². The lowest BCUT2D eigenvalue weighted by Crippen LogP contribution is -2.45. The second-order valence-corrected chi connectivity index (χ2v) is 5.44. The van der Waals surface area contributed by atoms with Crippen LogP contribution in [0.25, 0.3) is 11.3 Å². The molecule has 1 N–H and O–H groups in total. The minimum Gasteiger partial charge on any atom is -0.379 e. The van der Waals surface area contributed by atoms with E-state index in [1.54, 1.807) is 6.07 Å². The molecule has 3 rings (SSSR count). The molecule has 0 amide bonds. The van der Waals surface area contributed by atoms with Crippen LogP contribution in [0.15, 0.2) is 36.4 Å². The van der Waals surface area contributed by atoms with Gasteiger partial charge in [-0.1, -0.05) is 30.3 Å². The minimum atomic E-state index is 0.0721. The average Bonchev–Trinajstić information content (AvgIpc) is 2.63. The summed E-state index contributed by atoms with van der Waals surface area (Å²) < 4.78 is 5.36. The molecule has 1 aliphatic heterocycles. The molecular formula is C17H19N5O. The highest BCUT2D eigenvalue weighted by atomic mass is 16.5. The van der Waals surface area contributed by atoms with E-state index in [4.69, 9.17) is 4.74 Å². The quantitative estimate of drug-likeness (QED) is 0.932. The molecule has 1 aliphatic rings. The van der Waals surface area contributed by atoms with Crippen LogP contribution in [-0.2, 0) is 4.74 Å². The monoisotopic (exact) mass is 309 g/mol. The Labute approximate surface area is 135 Å². The van der Waals surface area contributed by atoms with Crippen molar-refractivity contribution >= 4 is 5.82 Å². The van der Waals surface area contributed by atoms with Gasteiger partial charge in [0, 0.05) is 18.7 Å². The Kier molecular flexibility index (Phi) is 4.81. The number of rotatable bonds is 4. The SMILES string of the molecule is CC(Nc1nnc(-c2ccccc2)cc1C#N)N1CCOCC1. The normalized spacial score (nSPS) is 16.5. The van der Waals surface area contributed by atoms with Gasteiger partial charge in [-0.2, -0.15) is 5.26 Å². The third-order valence-corrected chi connectivity index (χ3v) is 3.92. The van der Waals surface area contributed by atoms with Crippen LogP contribution in [0.2, 0.25) is 0 Å². The number of benzene rings is 1. The zero-order chi connectivity index (χ0) is 16.1. The molecular weight excluding hydrogens is 290 g/mol. The fourth-order valence-corrected chi connectivity index (χ4v) is 2.59. The Morgan fingerprint density at radius 2 is 1.96 bits per heavy atom. The van der Waals surface area contributed by atoms with Gasteiger partial charge in [0.25, 0.3) is 0 Å². The summed E-state index contributed by atoms with van der Waals surface area (Å²) in [6, 6.07) is 13.7. The lowest BCUT2D eigenvalue weighted by atomic mass is 10.1. The maximum Gasteiger partial charge on any atom is 0.167 e. The van der Waals surface area contributed by atoms with Gasteiger partial charge in [-0.3, -0.25) is 4.90 Å². The molecule has 1 saturated heterocycles. The standard InChI is InChI=1S/C17H19N5O/c1-13(22-7-9-23-10-8-22)19-17-15(12-18)11-16(20-21-17)14-5-3-2-4-6-14/h2-6,11,13H,7-10H2,1H3,(H,19,21). The summed E-state index contributed by atoms with van der Waals surface area (Å²) >= 11 is 0. The lowest BCUT2D eigenvalue weighted by Gasteiger charge is -2.32. The molecule has 1 unspecified atom stereocenters. The summed E-state index contributed by atoms with van der Waals surface area (Å²) in [5.41, 5.74) is 2.15. The van der Waals surface area contributed by atoms with Crippen molar-refractivity contribution in [2.75, 3.05) is 31.6 Å². The molecule has 1 aromatic carbocycles. The van der Waals surface area contributed by atoms with Crippen LogP contribution in [0.3, 0.4) is 0 Å². The molecule has 1 aromatic heterocycles. The predicted octanol–water partition coefficient (Wildman–Crippen LogP) is 2.11. The number of hydrogen-bond acceptors (Lipinski definition) is 6. The summed E-state index contributed by atoms with van der Waals surface area (Å²) in [7, 11) is 0. The fraction of sp³-hybridized carbons (Fsp3) is 0.353. The van der Waals surface area contributed by atoms with Crippen LogP contribution in [0.5, 0.6) is 0 Å². The van der Waals surface area contributed by atoms with Gasteiger partial charge in [-0.15, -0.1) is 10.2 Å². The highest BCUT2D eigenvalue weighted by Gasteiger charge is 2.18. The first-order valence-electron chi connectivity index (χ1n) is 7.69. The maximum absolute atomic E-state index is 9.42. The number of morpholine rings is 1. The summed E-state index contributed by atoms with van der Waals surface area (Å²) in [6.07, 6.45) is 0.0721. The maximum atomic E-state index is 9.42. The lowest BCUT2D eigenvalue weighted by molar-refractivity contribution is 0.0253. The smallest absolute Gasteiger partial charge is 0.167 e. The molecule has 23 heavy (non-hydrogen) atoms. The first kappa shape index (κ1) is 15.4. The van der Waals surface area contributed by atoms with Gasteiger partial charge in [0.1, 0.15) is 6.07 Å². The first-order chi connectivity index (χ1) is 11.3. The number of nitrogens with zero attached hydrogens (tertiary/aromatic N) is 4. The van der Waals surface area contributed by atoms with Crippen molar-refractivity contribution in [3.63, 3.8) is 0 Å². The Morgan fingerprint density at radius 1 is 1.22 bits per heavy atom. The fourth-order valence-electron chi connectivity index (χ4n) is 2.59. The summed E-state index contributed by atoms with van der Waals surface area (Å²) in [5, 5.41) is 21.2. The van der Waals surface area contributed by atoms with Gasteiger partial charge in [-0.25, -0.2) is 0 Å². The summed E-state index contributed by atoms with van der Waals surface area (Å²) in [4.78, 5) is 2.26. The Bertz CT molecular complexity index is 692. The van der Waals surface area contributed by atoms with Gasteiger partial charge in [-0.05, 0) is 13.0 Å². The summed E-state index contributed by atoms with van der Waals surface area (Å²) in [6.45, 7) is 5.25. The van der Waals surface area contributed by atoms with E-state index in [1.807, 2.05) is 30.3 Å². The van der Waals surface area contributed by atoms with Crippen molar-refractivity contribution in [2.24, 2.45) is 0 Å². The van der Waals surface area contributed by atoms with Gasteiger partial charge >= 0.3 is 0 Å². The van der Waals surface area contributed by atoms with Crippen LogP contribution >= 0.6 is 0 Å². The molecule has 118 valence electrons. The highest BCUT2D eigenvalue weighted by Crippen LogP contribution is 2.21. The molecule has 0 spiro atoms. The van der Waals surface area contributed by atoms with Crippen LogP contribution in [-0.4, -0.2) is 47.6 Å². The van der Waals surface area contributed by atoms with Crippen molar-refractivity contribution < 1.29 is 4.74 Å². The minimum absolute atomic E-state index is 0.0721. The Hall–Kier alpha value is -2.49.